The number of carbonyl (C=O) groups excluding carboxylic acids is 1. The fourth-order valence-electron chi connectivity index (χ4n) is 4.76. The summed E-state index contributed by atoms with van der Waals surface area (Å²) in [7, 11) is 3.79. The van der Waals surface area contributed by atoms with Gasteiger partial charge in [-0.3, -0.25) is 0 Å². The van der Waals surface area contributed by atoms with Crippen molar-refractivity contribution >= 4 is 5.97 Å². The van der Waals surface area contributed by atoms with E-state index in [4.69, 9.17) is 14.2 Å². The molecule has 1 fully saturated rings. The Morgan fingerprint density at radius 1 is 1.26 bits per heavy atom. The Balaban J connectivity index is 1.99. The van der Waals surface area contributed by atoms with E-state index >= 15 is 0 Å². The van der Waals surface area contributed by atoms with Crippen LogP contribution in [-0.2, 0) is 16.0 Å². The number of rotatable bonds is 7. The first-order valence-corrected chi connectivity index (χ1v) is 11.4. The van der Waals surface area contributed by atoms with E-state index in [-0.39, 0.29) is 11.9 Å². The molecule has 31 heavy (non-hydrogen) atoms. The van der Waals surface area contributed by atoms with E-state index in [0.29, 0.717) is 35.9 Å². The number of morpholine rings is 1. The highest BCUT2D eigenvalue weighted by Crippen LogP contribution is 2.47. The van der Waals surface area contributed by atoms with Gasteiger partial charge in [0, 0.05) is 11.5 Å². The average molecular weight is 429 g/mol. The van der Waals surface area contributed by atoms with Crippen molar-refractivity contribution in [2.45, 2.75) is 46.0 Å². The SMILES string of the molecule is C=C(C)C1CCC(C)=CC1c1c(OC)cc(CC)cc1OC(=O)C[N+]1(C)CCOCC1. The lowest BCUT2D eigenvalue weighted by atomic mass is 9.73. The summed E-state index contributed by atoms with van der Waals surface area (Å²) in [5.74, 6) is 1.60. The smallest absolute Gasteiger partial charge is 0.367 e. The molecule has 1 aliphatic carbocycles. The molecular weight excluding hydrogens is 390 g/mol. The fourth-order valence-corrected chi connectivity index (χ4v) is 4.76. The van der Waals surface area contributed by atoms with Crippen molar-refractivity contribution in [1.29, 1.82) is 0 Å². The minimum Gasteiger partial charge on any atom is -0.496 e. The number of ether oxygens (including phenoxy) is 3. The highest BCUT2D eigenvalue weighted by molar-refractivity contribution is 5.75. The lowest BCUT2D eigenvalue weighted by molar-refractivity contribution is -0.909. The fraction of sp³-hybridized carbons (Fsp3) is 0.577. The maximum atomic E-state index is 13.0. The average Bonchev–Trinajstić information content (AvgIpc) is 2.72. The Morgan fingerprint density at radius 3 is 2.55 bits per heavy atom. The summed E-state index contributed by atoms with van der Waals surface area (Å²) in [5, 5.41) is 0. The van der Waals surface area contributed by atoms with E-state index in [1.165, 1.54) is 5.57 Å². The van der Waals surface area contributed by atoms with Crippen LogP contribution in [0.2, 0.25) is 0 Å². The van der Waals surface area contributed by atoms with E-state index < -0.39 is 0 Å². The van der Waals surface area contributed by atoms with Crippen molar-refractivity contribution in [3.05, 3.63) is 47.1 Å². The molecule has 0 spiro atoms. The van der Waals surface area contributed by atoms with Gasteiger partial charge in [-0.2, -0.15) is 0 Å². The molecule has 1 heterocycles. The van der Waals surface area contributed by atoms with Crippen LogP contribution >= 0.6 is 0 Å². The van der Waals surface area contributed by atoms with Crippen molar-refractivity contribution in [2.24, 2.45) is 5.92 Å². The van der Waals surface area contributed by atoms with Gasteiger partial charge in [0.05, 0.1) is 27.4 Å². The minimum absolute atomic E-state index is 0.0862. The molecule has 0 saturated carbocycles. The number of likely N-dealkylation sites (N-methyl/N-ethyl adjacent to an activating group) is 1. The predicted octanol–water partition coefficient (Wildman–Crippen LogP) is 4.66. The third kappa shape index (κ3) is 5.58. The zero-order chi connectivity index (χ0) is 22.6. The highest BCUT2D eigenvalue weighted by atomic mass is 16.5. The highest BCUT2D eigenvalue weighted by Gasteiger charge is 2.33. The van der Waals surface area contributed by atoms with Crippen LogP contribution in [0.1, 0.15) is 50.7 Å². The summed E-state index contributed by atoms with van der Waals surface area (Å²) >= 11 is 0. The van der Waals surface area contributed by atoms with Crippen molar-refractivity contribution in [3.63, 3.8) is 0 Å². The van der Waals surface area contributed by atoms with Gasteiger partial charge in [0.15, 0.2) is 6.54 Å². The molecule has 3 rings (SSSR count). The van der Waals surface area contributed by atoms with Crippen LogP contribution < -0.4 is 9.47 Å². The second-order valence-electron chi connectivity index (χ2n) is 9.41. The van der Waals surface area contributed by atoms with Crippen LogP contribution in [-0.4, -0.2) is 57.5 Å². The molecule has 5 nitrogen and oxygen atoms in total. The molecule has 0 N–H and O–H groups in total. The van der Waals surface area contributed by atoms with Crippen molar-refractivity contribution < 1.29 is 23.5 Å². The Bertz CT molecular complexity index is 851. The first-order chi connectivity index (χ1) is 14.8. The van der Waals surface area contributed by atoms with E-state index in [9.17, 15) is 4.79 Å². The number of quaternary nitrogens is 1. The Morgan fingerprint density at radius 2 is 1.94 bits per heavy atom. The second-order valence-corrected chi connectivity index (χ2v) is 9.41. The molecule has 2 unspecified atom stereocenters. The van der Waals surface area contributed by atoms with Crippen LogP contribution in [0.4, 0.5) is 0 Å². The topological polar surface area (TPSA) is 44.8 Å². The number of methoxy groups -OCH3 is 1. The monoisotopic (exact) mass is 428 g/mol. The maximum absolute atomic E-state index is 13.0. The summed E-state index contributed by atoms with van der Waals surface area (Å²) < 4.78 is 18.0. The van der Waals surface area contributed by atoms with Gasteiger partial charge in [-0.25, -0.2) is 4.79 Å². The van der Waals surface area contributed by atoms with Gasteiger partial charge in [0.25, 0.3) is 0 Å². The molecule has 1 saturated heterocycles. The minimum atomic E-state index is -0.204. The van der Waals surface area contributed by atoms with Crippen LogP contribution in [0.5, 0.6) is 11.5 Å². The predicted molar refractivity (Wildman–Crippen MR) is 124 cm³/mol. The molecule has 2 atom stereocenters. The third-order valence-corrected chi connectivity index (χ3v) is 6.79. The van der Waals surface area contributed by atoms with Crippen LogP contribution in [0.15, 0.2) is 35.9 Å². The molecule has 0 radical (unpaired) electrons. The summed E-state index contributed by atoms with van der Waals surface area (Å²) in [4.78, 5) is 13.0. The number of esters is 1. The lowest BCUT2D eigenvalue weighted by Gasteiger charge is -2.36. The van der Waals surface area contributed by atoms with Gasteiger partial charge in [0.2, 0.25) is 0 Å². The molecule has 0 aromatic heterocycles. The van der Waals surface area contributed by atoms with E-state index in [2.05, 4.69) is 46.5 Å². The van der Waals surface area contributed by atoms with Gasteiger partial charge < -0.3 is 18.7 Å². The van der Waals surface area contributed by atoms with Crippen molar-refractivity contribution in [1.82, 2.24) is 0 Å². The van der Waals surface area contributed by atoms with Crippen LogP contribution in [0.3, 0.4) is 0 Å². The third-order valence-electron chi connectivity index (χ3n) is 6.79. The summed E-state index contributed by atoms with van der Waals surface area (Å²) in [6.45, 7) is 14.0. The number of hydrogen-bond donors (Lipinski definition) is 0. The maximum Gasteiger partial charge on any atom is 0.367 e. The Kier molecular flexibility index (Phi) is 7.60. The number of aryl methyl sites for hydroxylation is 1. The molecule has 2 aliphatic rings. The number of hydrogen-bond acceptors (Lipinski definition) is 4. The summed E-state index contributed by atoms with van der Waals surface area (Å²) in [5.41, 5.74) is 4.56. The van der Waals surface area contributed by atoms with Gasteiger partial charge in [-0.1, -0.05) is 30.7 Å². The van der Waals surface area contributed by atoms with Gasteiger partial charge in [-0.15, -0.1) is 0 Å². The molecular formula is C26H38NO4+. The molecule has 0 bridgehead atoms. The molecule has 1 aromatic rings. The van der Waals surface area contributed by atoms with Crippen LogP contribution in [0, 0.1) is 5.92 Å². The Hall–Kier alpha value is -2.11. The number of nitrogens with zero attached hydrogens (tertiary/aromatic N) is 1. The molecule has 170 valence electrons. The molecule has 0 amide bonds. The number of allylic oxidation sites excluding steroid dienone is 3. The molecule has 5 heteroatoms. The van der Waals surface area contributed by atoms with Gasteiger partial charge in [-0.05, 0) is 56.7 Å². The van der Waals surface area contributed by atoms with Gasteiger partial charge in [0.1, 0.15) is 24.6 Å². The van der Waals surface area contributed by atoms with E-state index in [0.717, 1.165) is 54.8 Å². The first kappa shape index (κ1) is 23.6. The largest absolute Gasteiger partial charge is 0.496 e. The van der Waals surface area contributed by atoms with Crippen molar-refractivity contribution in [2.75, 3.05) is 47.0 Å². The van der Waals surface area contributed by atoms with Crippen molar-refractivity contribution in [3.8, 4) is 11.5 Å². The van der Waals surface area contributed by atoms with E-state index in [1.54, 1.807) is 7.11 Å². The second kappa shape index (κ2) is 10.0. The molecule has 1 aliphatic heterocycles. The number of benzene rings is 1. The van der Waals surface area contributed by atoms with Crippen LogP contribution in [0.25, 0.3) is 0 Å². The molecule has 1 aromatic carbocycles. The normalized spacial score (nSPS) is 23.1. The number of carbonyl (C=O) groups is 1. The van der Waals surface area contributed by atoms with Gasteiger partial charge >= 0.3 is 5.97 Å². The standard InChI is InChI=1S/C26H38NO4/c1-7-20-15-23(29-6)26(22-14-19(4)8-9-21(22)18(2)3)24(16-20)31-25(28)17-27(5)10-12-30-13-11-27/h14-16,21-22H,2,7-13,17H2,1,3-6H3/q+1. The quantitative estimate of drug-likeness (QED) is 0.274. The zero-order valence-corrected chi connectivity index (χ0v) is 19.8. The summed E-state index contributed by atoms with van der Waals surface area (Å²) in [6.07, 6.45) is 5.26. The van der Waals surface area contributed by atoms with E-state index in [1.807, 2.05) is 6.07 Å². The summed E-state index contributed by atoms with van der Waals surface area (Å²) in [6, 6.07) is 4.10. The first-order valence-electron chi connectivity index (χ1n) is 11.4. The Labute approximate surface area is 187 Å². The zero-order valence-electron chi connectivity index (χ0n) is 19.8. The lowest BCUT2D eigenvalue weighted by Crippen LogP contribution is -2.55.